The molecule has 0 saturated heterocycles. The molecule has 0 heterocycles. The van der Waals surface area contributed by atoms with E-state index in [2.05, 4.69) is 20.8 Å². The Labute approximate surface area is 302 Å². The van der Waals surface area contributed by atoms with Gasteiger partial charge in [-0.15, -0.1) is 0 Å². The third-order valence-corrected chi connectivity index (χ3v) is 14.3. The molecule has 0 amide bonds. The Morgan fingerprint density at radius 2 is 1.44 bits per heavy atom. The van der Waals surface area contributed by atoms with Gasteiger partial charge in [-0.1, -0.05) is 50.0 Å². The zero-order chi connectivity index (χ0) is 36.4. The molecule has 11 atom stereocenters. The summed E-state index contributed by atoms with van der Waals surface area (Å²) in [6.45, 7) is 6.71. The van der Waals surface area contributed by atoms with E-state index in [1.54, 1.807) is 0 Å². The first-order valence-electron chi connectivity index (χ1n) is 17.8. The quantitative estimate of drug-likeness (QED) is 0.144. The van der Waals surface area contributed by atoms with Crippen molar-refractivity contribution < 1.29 is 45.3 Å². The Morgan fingerprint density at radius 3 is 2.00 bits per heavy atom. The Bertz CT molecular complexity index is 1640. The van der Waals surface area contributed by atoms with Gasteiger partial charge < -0.3 is 35.7 Å². The molecule has 6 rings (SSSR count). The molecule has 0 aliphatic heterocycles. The van der Waals surface area contributed by atoms with Crippen LogP contribution in [-0.2, 0) is 0 Å². The number of phenols is 2. The Balaban J connectivity index is 1.29. The Kier molecular flexibility index (Phi) is 10.1. The maximum atomic E-state index is 12.0. The number of carbonyl (C=O) groups is 2. The number of hydrogen-bond donors (Lipinski definition) is 7. The molecular weight excluding hydrogens is 683 g/mol. The maximum Gasteiger partial charge on any atom is 0.339 e. The minimum atomic E-state index is -1.39. The number of carboxylic acid groups (broad SMARTS) is 2. The first kappa shape index (κ1) is 37.0. The standard InChI is InChI=1S/C39H48Cl2O9/c1-18(26-7-8-27-33-28(17-32(44)39(26,27)3)38(2)10-9-22(42)15-21(38)16-31(33)43)5-4-6-23(19-11-24(36(47)48)34(45)29(40)13-19)20-12-25(37(49)50)35(46)30(41)14-20/h6,11-14,18,21-22,26-28,31-33,42-46H,4-5,7-10,15-17H2,1-3H3,(H,47,48)(H,49,50)/t18-,21+,22-,26-,27+,28+,31-,32+,33+,38+,39-/m1/s1. The highest BCUT2D eigenvalue weighted by Crippen LogP contribution is 2.68. The number of carboxylic acids is 2. The highest BCUT2D eigenvalue weighted by Gasteiger charge is 2.65. The third kappa shape index (κ3) is 6.11. The summed E-state index contributed by atoms with van der Waals surface area (Å²) in [6, 6.07) is 5.35. The van der Waals surface area contributed by atoms with E-state index in [1.165, 1.54) is 24.3 Å². The smallest absolute Gasteiger partial charge is 0.339 e. The van der Waals surface area contributed by atoms with Crippen LogP contribution in [-0.4, -0.2) is 66.0 Å². The fraction of sp³-hybridized carbons (Fsp3) is 0.590. The second-order valence-corrected chi connectivity index (χ2v) is 16.8. The normalized spacial score (nSPS) is 35.4. The zero-order valence-corrected chi connectivity index (χ0v) is 30.2. The lowest BCUT2D eigenvalue weighted by Gasteiger charge is -2.63. The van der Waals surface area contributed by atoms with E-state index in [1.807, 2.05) is 6.08 Å². The van der Waals surface area contributed by atoms with Gasteiger partial charge in [-0.3, -0.25) is 0 Å². The van der Waals surface area contributed by atoms with E-state index in [9.17, 15) is 45.3 Å². The first-order chi connectivity index (χ1) is 23.5. The van der Waals surface area contributed by atoms with E-state index < -0.39 is 46.8 Å². The molecule has 0 aromatic heterocycles. The number of aliphatic hydroxyl groups is 3. The number of allylic oxidation sites excluding steroid dienone is 1. The minimum Gasteiger partial charge on any atom is -0.505 e. The number of aliphatic hydroxyl groups excluding tert-OH is 3. The number of halogens is 2. The Morgan fingerprint density at radius 1 is 0.860 bits per heavy atom. The summed E-state index contributed by atoms with van der Waals surface area (Å²) in [5.74, 6) is -2.86. The van der Waals surface area contributed by atoms with E-state index in [0.29, 0.717) is 48.8 Å². The van der Waals surface area contributed by atoms with Crippen LogP contribution in [0.5, 0.6) is 11.5 Å². The molecule has 0 bridgehead atoms. The molecule has 2 aromatic carbocycles. The fourth-order valence-electron chi connectivity index (χ4n) is 11.1. The molecule has 4 aliphatic carbocycles. The summed E-state index contributed by atoms with van der Waals surface area (Å²) in [5, 5.41) is 73.7. The van der Waals surface area contributed by atoms with Crippen molar-refractivity contribution in [1.82, 2.24) is 0 Å². The third-order valence-electron chi connectivity index (χ3n) is 13.7. The molecule has 9 nitrogen and oxygen atoms in total. The van der Waals surface area contributed by atoms with Gasteiger partial charge in [0.15, 0.2) is 0 Å². The topological polar surface area (TPSA) is 176 Å². The van der Waals surface area contributed by atoms with Crippen LogP contribution in [0.15, 0.2) is 30.3 Å². The number of aromatic hydroxyl groups is 2. The molecule has 0 unspecified atom stereocenters. The van der Waals surface area contributed by atoms with Gasteiger partial charge >= 0.3 is 11.9 Å². The van der Waals surface area contributed by atoms with Gasteiger partial charge in [0.1, 0.15) is 22.6 Å². The van der Waals surface area contributed by atoms with E-state index in [0.717, 1.165) is 25.7 Å². The number of aromatic carboxylic acids is 2. The monoisotopic (exact) mass is 730 g/mol. The molecule has 11 heteroatoms. The van der Waals surface area contributed by atoms with Crippen LogP contribution in [0.1, 0.15) is 110 Å². The van der Waals surface area contributed by atoms with Gasteiger partial charge in [-0.2, -0.15) is 0 Å². The molecule has 4 aliphatic rings. The van der Waals surface area contributed by atoms with Crippen LogP contribution in [0.4, 0.5) is 0 Å². The van der Waals surface area contributed by atoms with Crippen molar-refractivity contribution in [2.45, 2.75) is 96.9 Å². The molecular formula is C39H48Cl2O9. The van der Waals surface area contributed by atoms with Crippen LogP contribution in [0, 0.1) is 46.3 Å². The molecule has 0 spiro atoms. The average molecular weight is 732 g/mol. The highest BCUT2D eigenvalue weighted by molar-refractivity contribution is 6.33. The molecule has 50 heavy (non-hydrogen) atoms. The number of rotatable bonds is 8. The van der Waals surface area contributed by atoms with Gasteiger partial charge in [0, 0.05) is 0 Å². The van der Waals surface area contributed by atoms with Crippen molar-refractivity contribution in [2.75, 3.05) is 0 Å². The van der Waals surface area contributed by atoms with Gasteiger partial charge in [0.05, 0.1) is 28.4 Å². The first-order valence-corrected chi connectivity index (χ1v) is 18.5. The average Bonchev–Trinajstić information content (AvgIpc) is 3.41. The van der Waals surface area contributed by atoms with Crippen LogP contribution < -0.4 is 0 Å². The summed E-state index contributed by atoms with van der Waals surface area (Å²) in [4.78, 5) is 23.9. The summed E-state index contributed by atoms with van der Waals surface area (Å²) >= 11 is 12.5. The molecule has 0 radical (unpaired) electrons. The summed E-state index contributed by atoms with van der Waals surface area (Å²) in [7, 11) is 0. The van der Waals surface area contributed by atoms with Gasteiger partial charge in [-0.25, -0.2) is 9.59 Å². The lowest BCUT2D eigenvalue weighted by atomic mass is 9.43. The number of hydrogen-bond acceptors (Lipinski definition) is 7. The molecule has 7 N–H and O–H groups in total. The van der Waals surface area contributed by atoms with Gasteiger partial charge in [-0.05, 0) is 145 Å². The molecule has 2 aromatic rings. The van der Waals surface area contributed by atoms with E-state index in [-0.39, 0.29) is 62.5 Å². The molecule has 4 fully saturated rings. The van der Waals surface area contributed by atoms with Crippen molar-refractivity contribution in [1.29, 1.82) is 0 Å². The summed E-state index contributed by atoms with van der Waals surface area (Å²) in [6.07, 6.45) is 7.36. The van der Waals surface area contributed by atoms with Crippen LogP contribution in [0.3, 0.4) is 0 Å². The van der Waals surface area contributed by atoms with Crippen LogP contribution >= 0.6 is 23.2 Å². The molecule has 272 valence electrons. The van der Waals surface area contributed by atoms with Gasteiger partial charge in [0.2, 0.25) is 0 Å². The Hall–Kier alpha value is -2.82. The highest BCUT2D eigenvalue weighted by atomic mass is 35.5. The largest absolute Gasteiger partial charge is 0.505 e. The van der Waals surface area contributed by atoms with Gasteiger partial charge in [0.25, 0.3) is 0 Å². The van der Waals surface area contributed by atoms with Crippen molar-refractivity contribution >= 4 is 40.7 Å². The minimum absolute atomic E-state index is 0.00834. The predicted molar refractivity (Wildman–Crippen MR) is 190 cm³/mol. The predicted octanol–water partition coefficient (Wildman–Crippen LogP) is 7.61. The lowest BCUT2D eigenvalue weighted by molar-refractivity contribution is -0.207. The summed E-state index contributed by atoms with van der Waals surface area (Å²) < 4.78 is 0. The lowest BCUT2D eigenvalue weighted by Crippen LogP contribution is -2.62. The van der Waals surface area contributed by atoms with Crippen LogP contribution in [0.25, 0.3) is 5.57 Å². The SMILES string of the molecule is C[C@H](CCC=C(c1cc(Cl)c(O)c(C(=O)O)c1)c1cc(Cl)c(O)c(C(=O)O)c1)[C@H]1CC[C@H]2[C@@H]3[C@H](O)C[C@@H]4C[C@H](O)CC[C@]4(C)[C@H]3C[C@H](O)[C@]12C. The second-order valence-electron chi connectivity index (χ2n) is 16.0. The van der Waals surface area contributed by atoms with Crippen molar-refractivity contribution in [3.05, 3.63) is 62.6 Å². The molecule has 4 saturated carbocycles. The van der Waals surface area contributed by atoms with Crippen molar-refractivity contribution in [2.24, 2.45) is 46.3 Å². The number of fused-ring (bicyclic) bond motifs is 5. The fourth-order valence-corrected chi connectivity index (χ4v) is 11.5. The summed E-state index contributed by atoms with van der Waals surface area (Å²) in [5.41, 5.74) is -0.137. The number of benzene rings is 2. The maximum absolute atomic E-state index is 12.0. The second kappa shape index (κ2) is 13.6. The van der Waals surface area contributed by atoms with E-state index >= 15 is 0 Å². The van der Waals surface area contributed by atoms with E-state index in [4.69, 9.17) is 23.2 Å². The van der Waals surface area contributed by atoms with Crippen LogP contribution in [0.2, 0.25) is 10.0 Å². The van der Waals surface area contributed by atoms with Crippen molar-refractivity contribution in [3.63, 3.8) is 0 Å². The van der Waals surface area contributed by atoms with Crippen molar-refractivity contribution in [3.8, 4) is 11.5 Å². The zero-order valence-electron chi connectivity index (χ0n) is 28.6.